The van der Waals surface area contributed by atoms with Crippen molar-refractivity contribution >= 4 is 23.3 Å². The smallest absolute Gasteiger partial charge is 0.317 e. The number of amides is 3. The highest BCUT2D eigenvalue weighted by atomic mass is 32.1. The molecule has 1 fully saturated rings. The number of hydrogen-bond donors (Lipinski definition) is 1. The Balaban J connectivity index is 1.48. The number of benzene rings is 1. The predicted octanol–water partition coefficient (Wildman–Crippen LogP) is 4.22. The van der Waals surface area contributed by atoms with Crippen LogP contribution in [0.5, 0.6) is 5.75 Å². The molecule has 0 spiro atoms. The van der Waals surface area contributed by atoms with Gasteiger partial charge >= 0.3 is 6.03 Å². The van der Waals surface area contributed by atoms with Crippen LogP contribution in [0.2, 0.25) is 0 Å². The zero-order valence-electron chi connectivity index (χ0n) is 18.4. The quantitative estimate of drug-likeness (QED) is 0.611. The second-order valence-electron chi connectivity index (χ2n) is 8.45. The third kappa shape index (κ3) is 5.41. The van der Waals surface area contributed by atoms with Gasteiger partial charge in [0.15, 0.2) is 11.6 Å². The minimum Gasteiger partial charge on any atom is -0.488 e. The summed E-state index contributed by atoms with van der Waals surface area (Å²) >= 11 is 1.67. The zero-order chi connectivity index (χ0) is 22.5. The summed E-state index contributed by atoms with van der Waals surface area (Å²) in [5.74, 6) is 0.142. The van der Waals surface area contributed by atoms with Crippen LogP contribution in [-0.4, -0.2) is 54.5 Å². The van der Waals surface area contributed by atoms with Gasteiger partial charge in [0.25, 0.3) is 0 Å². The van der Waals surface area contributed by atoms with E-state index in [9.17, 15) is 14.0 Å². The van der Waals surface area contributed by atoms with Gasteiger partial charge in [-0.2, -0.15) is 0 Å². The molecule has 0 bridgehead atoms. The van der Waals surface area contributed by atoms with Crippen LogP contribution in [0.3, 0.4) is 0 Å². The molecule has 32 heavy (non-hydrogen) atoms. The number of halogens is 1. The molecule has 6 nitrogen and oxygen atoms in total. The number of rotatable bonds is 9. The molecule has 1 aliphatic carbocycles. The maximum absolute atomic E-state index is 14.1. The number of carbonyl (C=O) groups is 2. The third-order valence-corrected chi connectivity index (χ3v) is 6.96. The van der Waals surface area contributed by atoms with Crippen molar-refractivity contribution in [1.82, 2.24) is 15.1 Å². The normalized spacial score (nSPS) is 17.6. The van der Waals surface area contributed by atoms with Crippen molar-refractivity contribution < 1.29 is 18.7 Å². The monoisotopic (exact) mass is 459 g/mol. The van der Waals surface area contributed by atoms with Gasteiger partial charge in [-0.25, -0.2) is 9.18 Å². The van der Waals surface area contributed by atoms with E-state index in [1.807, 2.05) is 18.4 Å². The van der Waals surface area contributed by atoms with E-state index >= 15 is 0 Å². The summed E-state index contributed by atoms with van der Waals surface area (Å²) in [5, 5.41) is 4.92. The van der Waals surface area contributed by atoms with Crippen LogP contribution in [-0.2, 0) is 11.2 Å². The van der Waals surface area contributed by atoms with Crippen molar-refractivity contribution in [3.63, 3.8) is 0 Å². The summed E-state index contributed by atoms with van der Waals surface area (Å²) < 4.78 is 19.9. The number of fused-ring (bicyclic) bond motifs is 1. The molecule has 0 radical (unpaired) electrons. The summed E-state index contributed by atoms with van der Waals surface area (Å²) in [6.07, 6.45) is 3.83. The van der Waals surface area contributed by atoms with Gasteiger partial charge in [0.1, 0.15) is 13.2 Å². The number of nitrogens with zero attached hydrogens (tertiary/aromatic N) is 2. The molecule has 0 unspecified atom stereocenters. The van der Waals surface area contributed by atoms with Crippen LogP contribution in [0.15, 0.2) is 35.7 Å². The van der Waals surface area contributed by atoms with E-state index in [4.69, 9.17) is 4.74 Å². The highest BCUT2D eigenvalue weighted by molar-refractivity contribution is 7.10. The average Bonchev–Trinajstić information content (AvgIpc) is 3.48. The Morgan fingerprint density at radius 1 is 1.28 bits per heavy atom. The van der Waals surface area contributed by atoms with Crippen molar-refractivity contribution in [1.29, 1.82) is 0 Å². The first kappa shape index (κ1) is 22.6. The minimum absolute atomic E-state index is 0.0434. The van der Waals surface area contributed by atoms with Gasteiger partial charge in [-0.1, -0.05) is 19.1 Å². The molecule has 2 aromatic rings. The number of nitrogens with one attached hydrogen (secondary N) is 1. The van der Waals surface area contributed by atoms with E-state index in [0.717, 1.165) is 31.2 Å². The van der Waals surface area contributed by atoms with E-state index in [1.54, 1.807) is 39.3 Å². The molecule has 1 saturated carbocycles. The highest BCUT2D eigenvalue weighted by Gasteiger charge is 2.35. The zero-order valence-corrected chi connectivity index (χ0v) is 19.2. The van der Waals surface area contributed by atoms with E-state index in [0.29, 0.717) is 25.6 Å². The van der Waals surface area contributed by atoms with E-state index < -0.39 is 5.82 Å². The summed E-state index contributed by atoms with van der Waals surface area (Å²) in [4.78, 5) is 30.7. The average molecular weight is 460 g/mol. The lowest BCUT2D eigenvalue weighted by Gasteiger charge is -2.37. The molecule has 1 N–H and O–H groups in total. The second-order valence-corrected chi connectivity index (χ2v) is 9.45. The number of carbonyl (C=O) groups excluding carboxylic acids is 2. The molecule has 3 amide bonds. The summed E-state index contributed by atoms with van der Waals surface area (Å²) in [6, 6.07) is 7.83. The van der Waals surface area contributed by atoms with Crippen molar-refractivity contribution in [2.24, 2.45) is 5.92 Å². The number of para-hydroxylation sites is 1. The SMILES string of the molecule is CCCNC(=O)N(CC(=O)N1CCc2sccc2[C@@H]1COc1ccccc1F)CC1CC1. The Kier molecular flexibility index (Phi) is 7.29. The van der Waals surface area contributed by atoms with Gasteiger partial charge in [0, 0.05) is 24.5 Å². The summed E-state index contributed by atoms with van der Waals surface area (Å²) in [7, 11) is 0. The Hall–Kier alpha value is -2.61. The van der Waals surface area contributed by atoms with E-state index in [-0.39, 0.29) is 36.9 Å². The van der Waals surface area contributed by atoms with E-state index in [1.165, 1.54) is 10.9 Å². The molecule has 2 aliphatic rings. The minimum atomic E-state index is -0.421. The van der Waals surface area contributed by atoms with Gasteiger partial charge in [-0.05, 0) is 60.7 Å². The maximum Gasteiger partial charge on any atom is 0.317 e. The Labute approximate surface area is 192 Å². The van der Waals surface area contributed by atoms with Crippen molar-refractivity contribution in [2.45, 2.75) is 38.6 Å². The molecule has 1 atom stereocenters. The van der Waals surface area contributed by atoms with Gasteiger partial charge in [-0.15, -0.1) is 11.3 Å². The van der Waals surface area contributed by atoms with E-state index in [2.05, 4.69) is 5.32 Å². The lowest BCUT2D eigenvalue weighted by Crippen LogP contribution is -2.50. The molecule has 1 aromatic carbocycles. The molecule has 172 valence electrons. The lowest BCUT2D eigenvalue weighted by atomic mass is 10.0. The number of hydrogen-bond acceptors (Lipinski definition) is 4. The van der Waals surface area contributed by atoms with Crippen molar-refractivity contribution in [3.05, 3.63) is 52.0 Å². The maximum atomic E-state index is 14.1. The Morgan fingerprint density at radius 2 is 2.09 bits per heavy atom. The first-order valence-electron chi connectivity index (χ1n) is 11.3. The van der Waals surface area contributed by atoms with Crippen LogP contribution < -0.4 is 10.1 Å². The number of urea groups is 1. The van der Waals surface area contributed by atoms with Crippen LogP contribution in [0, 0.1) is 11.7 Å². The van der Waals surface area contributed by atoms with Crippen molar-refractivity contribution in [3.8, 4) is 5.75 Å². The van der Waals surface area contributed by atoms with Crippen LogP contribution >= 0.6 is 11.3 Å². The lowest BCUT2D eigenvalue weighted by molar-refractivity contribution is -0.135. The fraction of sp³-hybridized carbons (Fsp3) is 0.500. The molecule has 1 aromatic heterocycles. The molecular formula is C24H30FN3O3S. The standard InChI is InChI=1S/C24H30FN3O3S/c1-2-11-26-24(30)27(14-17-7-8-17)15-23(29)28-12-9-22-18(10-13-32-22)20(28)16-31-21-6-4-3-5-19(21)25/h3-6,10,13,17,20H,2,7-9,11-12,14-16H2,1H3,(H,26,30)/t20-/m0/s1. The Bertz CT molecular complexity index is 946. The van der Waals surface area contributed by atoms with Gasteiger partial charge < -0.3 is 19.9 Å². The molecular weight excluding hydrogens is 429 g/mol. The van der Waals surface area contributed by atoms with Gasteiger partial charge in [0.2, 0.25) is 5.91 Å². The van der Waals surface area contributed by atoms with Crippen LogP contribution in [0.25, 0.3) is 0 Å². The van der Waals surface area contributed by atoms with Crippen LogP contribution in [0.1, 0.15) is 42.7 Å². The van der Waals surface area contributed by atoms with Crippen LogP contribution in [0.4, 0.5) is 9.18 Å². The second kappa shape index (κ2) is 10.3. The first-order chi connectivity index (χ1) is 15.6. The fourth-order valence-electron chi connectivity index (χ4n) is 4.03. The van der Waals surface area contributed by atoms with Gasteiger partial charge in [-0.3, -0.25) is 4.79 Å². The third-order valence-electron chi connectivity index (χ3n) is 5.96. The first-order valence-corrected chi connectivity index (χ1v) is 12.2. The predicted molar refractivity (Wildman–Crippen MR) is 122 cm³/mol. The number of thiophene rings is 1. The highest BCUT2D eigenvalue weighted by Crippen LogP contribution is 2.35. The molecule has 1 aliphatic heterocycles. The van der Waals surface area contributed by atoms with Crippen molar-refractivity contribution in [2.75, 3.05) is 32.8 Å². The summed E-state index contributed by atoms with van der Waals surface area (Å²) in [6.45, 7) is 3.97. The number of ether oxygens (including phenoxy) is 1. The molecule has 2 heterocycles. The summed E-state index contributed by atoms with van der Waals surface area (Å²) in [5.41, 5.74) is 1.05. The topological polar surface area (TPSA) is 61.9 Å². The Morgan fingerprint density at radius 3 is 2.84 bits per heavy atom. The molecule has 8 heteroatoms. The molecule has 0 saturated heterocycles. The largest absolute Gasteiger partial charge is 0.488 e. The van der Waals surface area contributed by atoms with Gasteiger partial charge in [0.05, 0.1) is 6.04 Å². The fourth-order valence-corrected chi connectivity index (χ4v) is 4.96. The molecule has 4 rings (SSSR count).